The summed E-state index contributed by atoms with van der Waals surface area (Å²) in [5.74, 6) is 0.0780. The molecule has 1 rings (SSSR count). The van der Waals surface area contributed by atoms with Crippen LogP contribution in [0.2, 0.25) is 0 Å². The zero-order chi connectivity index (χ0) is 11.3. The summed E-state index contributed by atoms with van der Waals surface area (Å²) >= 11 is 0. The number of H-pyrrole nitrogens is 1. The quantitative estimate of drug-likeness (QED) is 0.750. The first kappa shape index (κ1) is 11.7. The van der Waals surface area contributed by atoms with Gasteiger partial charge >= 0.3 is 5.56 Å². The Bertz CT molecular complexity index is 358. The summed E-state index contributed by atoms with van der Waals surface area (Å²) in [5, 5.41) is 0. The maximum atomic E-state index is 11.2. The zero-order valence-electron chi connectivity index (χ0n) is 9.12. The van der Waals surface area contributed by atoms with Crippen LogP contribution in [0.1, 0.15) is 26.7 Å². The van der Waals surface area contributed by atoms with E-state index in [0.29, 0.717) is 6.61 Å². The van der Waals surface area contributed by atoms with Gasteiger partial charge in [-0.3, -0.25) is 4.79 Å². The lowest BCUT2D eigenvalue weighted by Crippen LogP contribution is -2.44. The van der Waals surface area contributed by atoms with E-state index < -0.39 is 0 Å². The van der Waals surface area contributed by atoms with Gasteiger partial charge in [-0.05, 0) is 12.8 Å². The van der Waals surface area contributed by atoms with E-state index >= 15 is 0 Å². The number of nitrogens with one attached hydrogen (secondary N) is 1. The summed E-state index contributed by atoms with van der Waals surface area (Å²) in [5.41, 5.74) is 5.32. The highest BCUT2D eigenvalue weighted by atomic mass is 16.5. The lowest BCUT2D eigenvalue weighted by molar-refractivity contribution is 0.198. The van der Waals surface area contributed by atoms with E-state index in [4.69, 9.17) is 10.5 Å². The van der Waals surface area contributed by atoms with Crippen LogP contribution in [0, 0.1) is 0 Å². The van der Waals surface area contributed by atoms with Gasteiger partial charge in [0.05, 0.1) is 0 Å². The third kappa shape index (κ3) is 3.06. The number of nitrogens with zero attached hydrogens (tertiary/aromatic N) is 1. The van der Waals surface area contributed by atoms with Gasteiger partial charge in [0, 0.05) is 17.9 Å². The number of hydrogen-bond donors (Lipinski definition) is 2. The lowest BCUT2D eigenvalue weighted by Gasteiger charge is -2.25. The molecule has 0 radical (unpaired) electrons. The van der Waals surface area contributed by atoms with Crippen LogP contribution in [0.25, 0.3) is 0 Å². The van der Waals surface area contributed by atoms with Gasteiger partial charge < -0.3 is 15.5 Å². The van der Waals surface area contributed by atoms with E-state index in [0.717, 1.165) is 12.8 Å². The Balaban J connectivity index is 2.65. The van der Waals surface area contributed by atoms with Gasteiger partial charge in [0.1, 0.15) is 6.61 Å². The molecule has 3 N–H and O–H groups in total. The standard InChI is InChI=1S/C10H17N3O2/c1-3-10(11,4-2)7-15-9-8(14)12-5-6-13-9/h5-6H,3-4,7,11H2,1-2H3,(H,12,14). The first-order valence-electron chi connectivity index (χ1n) is 5.06. The fourth-order valence-electron chi connectivity index (χ4n) is 1.11. The summed E-state index contributed by atoms with van der Waals surface area (Å²) < 4.78 is 5.30. The average Bonchev–Trinajstić information content (AvgIpc) is 2.28. The molecular weight excluding hydrogens is 194 g/mol. The molecule has 84 valence electrons. The second kappa shape index (κ2) is 4.93. The Morgan fingerprint density at radius 1 is 1.53 bits per heavy atom. The van der Waals surface area contributed by atoms with Crippen LogP contribution in [0.4, 0.5) is 0 Å². The lowest BCUT2D eigenvalue weighted by atomic mass is 9.96. The van der Waals surface area contributed by atoms with Crippen LogP contribution in [-0.4, -0.2) is 22.1 Å². The molecule has 15 heavy (non-hydrogen) atoms. The van der Waals surface area contributed by atoms with Gasteiger partial charge in [0.25, 0.3) is 5.88 Å². The Hall–Kier alpha value is -1.36. The first-order valence-corrected chi connectivity index (χ1v) is 5.06. The predicted octanol–water partition coefficient (Wildman–Crippen LogP) is 0.666. The minimum Gasteiger partial charge on any atom is -0.472 e. The van der Waals surface area contributed by atoms with Crippen LogP contribution >= 0.6 is 0 Å². The minimum atomic E-state index is -0.385. The number of aromatic nitrogens is 2. The minimum absolute atomic E-state index is 0.0780. The van der Waals surface area contributed by atoms with Gasteiger partial charge in [0.15, 0.2) is 0 Å². The van der Waals surface area contributed by atoms with Gasteiger partial charge in [-0.1, -0.05) is 13.8 Å². The number of ether oxygens (including phenoxy) is 1. The highest BCUT2D eigenvalue weighted by Crippen LogP contribution is 2.11. The van der Waals surface area contributed by atoms with Crippen LogP contribution in [0.15, 0.2) is 17.2 Å². The van der Waals surface area contributed by atoms with E-state index in [-0.39, 0.29) is 17.0 Å². The van der Waals surface area contributed by atoms with Crippen molar-refractivity contribution >= 4 is 0 Å². The van der Waals surface area contributed by atoms with Crippen LogP contribution < -0.4 is 16.0 Å². The molecule has 0 saturated carbocycles. The molecule has 0 fully saturated rings. The number of aromatic amines is 1. The smallest absolute Gasteiger partial charge is 0.310 e. The molecule has 0 aliphatic rings. The summed E-state index contributed by atoms with van der Waals surface area (Å²) in [6.07, 6.45) is 4.54. The Labute approximate surface area is 88.7 Å². The predicted molar refractivity (Wildman–Crippen MR) is 57.9 cm³/mol. The summed E-state index contributed by atoms with van der Waals surface area (Å²) in [7, 11) is 0. The number of rotatable bonds is 5. The topological polar surface area (TPSA) is 81.0 Å². The van der Waals surface area contributed by atoms with Crippen molar-refractivity contribution in [3.05, 3.63) is 22.7 Å². The third-order valence-corrected chi connectivity index (χ3v) is 2.58. The van der Waals surface area contributed by atoms with Crippen LogP contribution in [0.5, 0.6) is 5.88 Å². The largest absolute Gasteiger partial charge is 0.472 e. The third-order valence-electron chi connectivity index (χ3n) is 2.58. The number of hydrogen-bond acceptors (Lipinski definition) is 4. The van der Waals surface area contributed by atoms with Gasteiger partial charge in [-0.2, -0.15) is 0 Å². The van der Waals surface area contributed by atoms with E-state index in [2.05, 4.69) is 9.97 Å². The summed E-state index contributed by atoms with van der Waals surface area (Å²) in [6.45, 7) is 4.30. The van der Waals surface area contributed by atoms with Crippen molar-refractivity contribution in [1.82, 2.24) is 9.97 Å². The Kier molecular flexibility index (Phi) is 3.85. The Morgan fingerprint density at radius 2 is 2.20 bits per heavy atom. The monoisotopic (exact) mass is 211 g/mol. The second-order valence-corrected chi connectivity index (χ2v) is 3.58. The van der Waals surface area contributed by atoms with Gasteiger partial charge in [-0.15, -0.1) is 0 Å². The fraction of sp³-hybridized carbons (Fsp3) is 0.600. The number of nitrogens with two attached hydrogens (primary N) is 1. The average molecular weight is 211 g/mol. The molecule has 0 atom stereocenters. The van der Waals surface area contributed by atoms with E-state index in [1.807, 2.05) is 13.8 Å². The second-order valence-electron chi connectivity index (χ2n) is 3.58. The first-order chi connectivity index (χ1) is 7.11. The molecule has 0 aliphatic heterocycles. The van der Waals surface area contributed by atoms with Crippen molar-refractivity contribution in [3.8, 4) is 5.88 Å². The van der Waals surface area contributed by atoms with Crippen molar-refractivity contribution in [2.24, 2.45) is 5.73 Å². The molecule has 1 aromatic heterocycles. The fourth-order valence-corrected chi connectivity index (χ4v) is 1.11. The molecule has 1 aromatic rings. The molecule has 0 amide bonds. The molecule has 0 bridgehead atoms. The van der Waals surface area contributed by atoms with Gasteiger partial charge in [0.2, 0.25) is 0 Å². The summed E-state index contributed by atoms with van der Waals surface area (Å²) in [6, 6.07) is 0. The highest BCUT2D eigenvalue weighted by molar-refractivity contribution is 5.03. The highest BCUT2D eigenvalue weighted by Gasteiger charge is 2.21. The Morgan fingerprint density at radius 3 is 2.73 bits per heavy atom. The molecule has 1 heterocycles. The van der Waals surface area contributed by atoms with E-state index in [1.165, 1.54) is 12.4 Å². The van der Waals surface area contributed by atoms with Crippen molar-refractivity contribution < 1.29 is 4.74 Å². The van der Waals surface area contributed by atoms with Crippen molar-refractivity contribution in [1.29, 1.82) is 0 Å². The van der Waals surface area contributed by atoms with Crippen LogP contribution in [-0.2, 0) is 0 Å². The SMILES string of the molecule is CCC(N)(CC)COc1ncc[nH]c1=O. The maximum absolute atomic E-state index is 11.2. The molecule has 0 spiro atoms. The molecule has 5 heteroatoms. The van der Waals surface area contributed by atoms with Gasteiger partial charge in [-0.25, -0.2) is 4.98 Å². The molecule has 0 aliphatic carbocycles. The van der Waals surface area contributed by atoms with E-state index in [1.54, 1.807) is 0 Å². The van der Waals surface area contributed by atoms with Crippen molar-refractivity contribution in [2.45, 2.75) is 32.2 Å². The van der Waals surface area contributed by atoms with Crippen molar-refractivity contribution in [3.63, 3.8) is 0 Å². The normalized spacial score (nSPS) is 11.4. The zero-order valence-corrected chi connectivity index (χ0v) is 9.12. The summed E-state index contributed by atoms with van der Waals surface area (Å²) in [4.78, 5) is 17.5. The molecule has 0 unspecified atom stereocenters. The molecule has 0 saturated heterocycles. The maximum Gasteiger partial charge on any atom is 0.310 e. The molecular formula is C10H17N3O2. The molecule has 0 aromatic carbocycles. The van der Waals surface area contributed by atoms with Crippen molar-refractivity contribution in [2.75, 3.05) is 6.61 Å². The molecule has 5 nitrogen and oxygen atoms in total. The van der Waals surface area contributed by atoms with E-state index in [9.17, 15) is 4.79 Å². The van der Waals surface area contributed by atoms with Crippen LogP contribution in [0.3, 0.4) is 0 Å².